The predicted octanol–water partition coefficient (Wildman–Crippen LogP) is 2.50. The lowest BCUT2D eigenvalue weighted by molar-refractivity contribution is 0.0199. The molecule has 1 aromatic heterocycles. The van der Waals surface area contributed by atoms with E-state index in [1.54, 1.807) is 6.20 Å². The van der Waals surface area contributed by atoms with Gasteiger partial charge >= 0.3 is 0 Å². The largest absolute Gasteiger partial charge is 0.385 e. The summed E-state index contributed by atoms with van der Waals surface area (Å²) in [5.74, 6) is 0. The molecule has 3 nitrogen and oxygen atoms in total. The molecule has 1 N–H and O–H groups in total. The fraction of sp³-hybridized carbons (Fsp3) is 0.438. The summed E-state index contributed by atoms with van der Waals surface area (Å²) in [7, 11) is -0.748. The molecular weight excluding hydrogens is 270 g/mol. The number of rotatable bonds is 1. The van der Waals surface area contributed by atoms with Crippen molar-refractivity contribution in [3.05, 3.63) is 42.1 Å². The zero-order valence-corrected chi connectivity index (χ0v) is 12.0. The number of hydrogen-bond acceptors (Lipinski definition) is 3. The second-order valence-corrected chi connectivity index (χ2v) is 7.96. The molecule has 2 fully saturated rings. The monoisotopic (exact) mass is 287 g/mol. The summed E-state index contributed by atoms with van der Waals surface area (Å²) < 4.78 is 12.2. The van der Waals surface area contributed by atoms with Crippen LogP contribution in [0.1, 0.15) is 31.2 Å². The van der Waals surface area contributed by atoms with Crippen LogP contribution < -0.4 is 0 Å². The Morgan fingerprint density at radius 2 is 1.90 bits per heavy atom. The lowest BCUT2D eigenvalue weighted by atomic mass is 9.84. The Hall–Kier alpha value is -1.26. The maximum Gasteiger partial charge on any atom is 0.0926 e. The zero-order valence-electron chi connectivity index (χ0n) is 11.2. The van der Waals surface area contributed by atoms with E-state index < -0.39 is 16.4 Å². The highest BCUT2D eigenvalue weighted by Crippen LogP contribution is 2.47. The van der Waals surface area contributed by atoms with Crippen molar-refractivity contribution < 1.29 is 9.32 Å². The molecule has 2 bridgehead atoms. The Morgan fingerprint density at radius 1 is 1.15 bits per heavy atom. The Labute approximate surface area is 120 Å². The second-order valence-electron chi connectivity index (χ2n) is 5.97. The molecule has 1 aromatic carbocycles. The standard InChI is InChI=1S/C16H17NO2S/c18-16(9-11-6-7-12(10-16)20(11)19)14-4-1-5-15-13(14)3-2-8-17-15/h1-5,8,11-12,18H,6-7,9-10H2. The zero-order chi connectivity index (χ0) is 13.7. The van der Waals surface area contributed by atoms with Gasteiger partial charge in [-0.1, -0.05) is 18.2 Å². The van der Waals surface area contributed by atoms with E-state index in [2.05, 4.69) is 4.98 Å². The van der Waals surface area contributed by atoms with Crippen molar-refractivity contribution in [3.8, 4) is 0 Å². The van der Waals surface area contributed by atoms with Crippen LogP contribution in [0.5, 0.6) is 0 Å². The fourth-order valence-corrected chi connectivity index (χ4v) is 5.97. The predicted molar refractivity (Wildman–Crippen MR) is 79.8 cm³/mol. The van der Waals surface area contributed by atoms with Gasteiger partial charge in [0, 0.05) is 32.9 Å². The molecule has 3 heterocycles. The van der Waals surface area contributed by atoms with E-state index in [0.717, 1.165) is 29.3 Å². The van der Waals surface area contributed by atoms with E-state index in [0.29, 0.717) is 12.8 Å². The number of hydrogen-bond donors (Lipinski definition) is 1. The normalized spacial score (nSPS) is 36.4. The first-order valence-electron chi connectivity index (χ1n) is 7.13. The fourth-order valence-electron chi connectivity index (χ4n) is 3.81. The van der Waals surface area contributed by atoms with Gasteiger partial charge in [-0.05, 0) is 43.4 Å². The summed E-state index contributed by atoms with van der Waals surface area (Å²) in [6.07, 6.45) is 4.98. The topological polar surface area (TPSA) is 50.2 Å². The van der Waals surface area contributed by atoms with Crippen molar-refractivity contribution in [1.29, 1.82) is 0 Å². The van der Waals surface area contributed by atoms with Gasteiger partial charge in [0.1, 0.15) is 0 Å². The maximum absolute atomic E-state index is 12.2. The van der Waals surface area contributed by atoms with Gasteiger partial charge in [0.2, 0.25) is 0 Å². The van der Waals surface area contributed by atoms with Crippen LogP contribution in [-0.4, -0.2) is 24.8 Å². The highest BCUT2D eigenvalue weighted by Gasteiger charge is 2.48. The van der Waals surface area contributed by atoms with Crippen LogP contribution in [0, 0.1) is 0 Å². The second kappa shape index (κ2) is 4.37. The minimum atomic E-state index is -0.845. The van der Waals surface area contributed by atoms with Crippen molar-refractivity contribution >= 4 is 21.7 Å². The molecular formula is C16H17NO2S. The molecule has 2 atom stereocenters. The molecule has 2 aliphatic rings. The molecule has 0 saturated carbocycles. The number of fused-ring (bicyclic) bond motifs is 3. The average Bonchev–Trinajstić information content (AvgIpc) is 2.70. The van der Waals surface area contributed by atoms with E-state index in [1.807, 2.05) is 30.3 Å². The van der Waals surface area contributed by atoms with Gasteiger partial charge < -0.3 is 5.11 Å². The van der Waals surface area contributed by atoms with Crippen LogP contribution in [0.15, 0.2) is 36.5 Å². The summed E-state index contributed by atoms with van der Waals surface area (Å²) >= 11 is 0. The summed E-state index contributed by atoms with van der Waals surface area (Å²) in [6, 6.07) is 9.85. The van der Waals surface area contributed by atoms with Crippen LogP contribution in [0.3, 0.4) is 0 Å². The van der Waals surface area contributed by atoms with Gasteiger partial charge in [0.25, 0.3) is 0 Å². The highest BCUT2D eigenvalue weighted by molar-refractivity contribution is 7.86. The molecule has 2 saturated heterocycles. The lowest BCUT2D eigenvalue weighted by Gasteiger charge is -2.36. The van der Waals surface area contributed by atoms with Crippen molar-refractivity contribution in [3.63, 3.8) is 0 Å². The highest BCUT2D eigenvalue weighted by atomic mass is 32.2. The van der Waals surface area contributed by atoms with E-state index in [4.69, 9.17) is 0 Å². The molecule has 4 heteroatoms. The van der Waals surface area contributed by atoms with E-state index in [-0.39, 0.29) is 10.5 Å². The molecule has 0 spiro atoms. The Kier molecular flexibility index (Phi) is 2.72. The smallest absolute Gasteiger partial charge is 0.0926 e. The molecule has 2 aromatic rings. The van der Waals surface area contributed by atoms with Crippen molar-refractivity contribution in [2.75, 3.05) is 0 Å². The first kappa shape index (κ1) is 12.5. The number of aromatic nitrogens is 1. The Balaban J connectivity index is 1.85. The van der Waals surface area contributed by atoms with Gasteiger partial charge in [-0.2, -0.15) is 0 Å². The van der Waals surface area contributed by atoms with E-state index in [1.165, 1.54) is 0 Å². The molecule has 0 radical (unpaired) electrons. The van der Waals surface area contributed by atoms with E-state index >= 15 is 0 Å². The molecule has 2 unspecified atom stereocenters. The molecule has 20 heavy (non-hydrogen) atoms. The van der Waals surface area contributed by atoms with Crippen LogP contribution in [-0.2, 0) is 16.4 Å². The Morgan fingerprint density at radius 3 is 2.65 bits per heavy atom. The lowest BCUT2D eigenvalue weighted by Crippen LogP contribution is -2.40. The summed E-state index contributed by atoms with van der Waals surface area (Å²) in [5.41, 5.74) is 1.02. The number of pyridine rings is 1. The molecule has 2 aliphatic heterocycles. The van der Waals surface area contributed by atoms with Gasteiger partial charge in [-0.25, -0.2) is 0 Å². The molecule has 0 amide bonds. The summed E-state index contributed by atoms with van der Waals surface area (Å²) in [5, 5.41) is 12.5. The van der Waals surface area contributed by atoms with Gasteiger partial charge in [0.15, 0.2) is 0 Å². The third kappa shape index (κ3) is 1.75. The van der Waals surface area contributed by atoms with Gasteiger partial charge in [-0.3, -0.25) is 9.19 Å². The quantitative estimate of drug-likeness (QED) is 0.876. The average molecular weight is 287 g/mol. The first-order valence-corrected chi connectivity index (χ1v) is 8.41. The molecule has 0 aliphatic carbocycles. The van der Waals surface area contributed by atoms with Crippen molar-refractivity contribution in [2.45, 2.75) is 41.8 Å². The van der Waals surface area contributed by atoms with Crippen LogP contribution >= 0.6 is 0 Å². The van der Waals surface area contributed by atoms with Crippen molar-refractivity contribution in [1.82, 2.24) is 4.98 Å². The molecule has 4 rings (SSSR count). The summed E-state index contributed by atoms with van der Waals surface area (Å²) in [4.78, 5) is 4.37. The number of aliphatic hydroxyl groups is 1. The minimum Gasteiger partial charge on any atom is -0.385 e. The number of nitrogens with zero attached hydrogens (tertiary/aromatic N) is 1. The Bertz CT molecular complexity index is 678. The van der Waals surface area contributed by atoms with Crippen LogP contribution in [0.2, 0.25) is 0 Å². The third-order valence-corrected chi connectivity index (χ3v) is 6.86. The van der Waals surface area contributed by atoms with E-state index in [9.17, 15) is 9.32 Å². The van der Waals surface area contributed by atoms with Gasteiger partial charge in [-0.15, -0.1) is 0 Å². The number of benzene rings is 1. The minimum absolute atomic E-state index is 0.158. The summed E-state index contributed by atoms with van der Waals surface area (Å²) in [6.45, 7) is 0. The molecule has 104 valence electrons. The van der Waals surface area contributed by atoms with Crippen molar-refractivity contribution in [2.24, 2.45) is 0 Å². The maximum atomic E-state index is 12.2. The van der Waals surface area contributed by atoms with Crippen LogP contribution in [0.25, 0.3) is 10.9 Å². The SMILES string of the molecule is O=S1C2CCC1CC(O)(c1cccc3ncccc13)C2. The van der Waals surface area contributed by atoms with Gasteiger partial charge in [0.05, 0.1) is 11.1 Å². The third-order valence-electron chi connectivity index (χ3n) is 4.75. The first-order chi connectivity index (χ1) is 9.67. The van der Waals surface area contributed by atoms with Crippen LogP contribution in [0.4, 0.5) is 0 Å².